The maximum atomic E-state index is 6.95. The van der Waals surface area contributed by atoms with Crippen molar-refractivity contribution in [3.05, 3.63) is 410 Å². The molecule has 0 aliphatic heterocycles. The maximum absolute atomic E-state index is 6.95. The van der Waals surface area contributed by atoms with Crippen molar-refractivity contribution in [1.82, 2.24) is 9.97 Å². The fourth-order valence-corrected chi connectivity index (χ4v) is 24.8. The molecule has 0 unspecified atom stereocenters. The Morgan fingerprint density at radius 2 is 0.416 bits per heavy atom. The predicted octanol–water partition coefficient (Wildman–Crippen LogP) is 38.2. The van der Waals surface area contributed by atoms with Crippen LogP contribution in [0.25, 0.3) is 315 Å². The van der Waals surface area contributed by atoms with Gasteiger partial charge in [-0.3, -0.25) is 9.97 Å². The van der Waals surface area contributed by atoms with Gasteiger partial charge in [-0.15, -0.1) is 22.7 Å². The third-order valence-corrected chi connectivity index (χ3v) is 30.7. The summed E-state index contributed by atoms with van der Waals surface area (Å²) in [6.07, 6.45) is 3.70. The molecule has 0 N–H and O–H groups in total. The number of nitrogens with zero attached hydrogens (tertiary/aromatic N) is 2. The lowest BCUT2D eigenvalue weighted by atomic mass is 9.88. The smallest absolute Gasteiger partial charge is 0.161 e. The lowest BCUT2D eigenvalue weighted by Crippen LogP contribution is -1.93. The van der Waals surface area contributed by atoms with Gasteiger partial charge in [-0.25, -0.2) is 0 Å². The Morgan fingerprint density at radius 3 is 0.730 bits per heavy atom. The van der Waals surface area contributed by atoms with E-state index in [-0.39, 0.29) is 0 Å². The Kier molecular flexibility index (Phi) is 16.4. The highest BCUT2D eigenvalue weighted by atomic mass is 35.5. The number of pyridine rings is 2. The topological polar surface area (TPSA) is 105 Å². The molecular formula is C126H67ClN2O6S2. The summed E-state index contributed by atoms with van der Waals surface area (Å²) >= 11 is 10.5. The van der Waals surface area contributed by atoms with Gasteiger partial charge in [0, 0.05) is 173 Å². The van der Waals surface area contributed by atoms with Crippen molar-refractivity contribution < 1.29 is 26.5 Å². The second-order valence-electron chi connectivity index (χ2n) is 35.7. The number of halogens is 1. The van der Waals surface area contributed by atoms with Gasteiger partial charge < -0.3 is 26.5 Å². The van der Waals surface area contributed by atoms with E-state index in [4.69, 9.17) is 48.1 Å². The summed E-state index contributed by atoms with van der Waals surface area (Å²) in [5.74, 6) is 0. The number of hydrogen-bond donors (Lipinski definition) is 0. The van der Waals surface area contributed by atoms with Crippen LogP contribution in [0.4, 0.5) is 0 Å². The maximum Gasteiger partial charge on any atom is 0.161 e. The zero-order valence-corrected chi connectivity index (χ0v) is 75.1. The average Bonchev–Trinajstić information content (AvgIpc) is 1.10. The lowest BCUT2D eigenvalue weighted by molar-refractivity contribution is 0.664. The molecule has 0 aliphatic rings. The van der Waals surface area contributed by atoms with Crippen LogP contribution in [0, 0.1) is 0 Å². The molecule has 10 aromatic heterocycles. The first kappa shape index (κ1) is 76.3. The molecule has 0 spiro atoms. The number of thiophene rings is 2. The van der Waals surface area contributed by atoms with Gasteiger partial charge in [0.2, 0.25) is 0 Å². The van der Waals surface area contributed by atoms with Crippen molar-refractivity contribution in [1.29, 1.82) is 0 Å². The van der Waals surface area contributed by atoms with E-state index in [2.05, 4.69) is 369 Å². The summed E-state index contributed by atoms with van der Waals surface area (Å²) in [5.41, 5.74) is 21.3. The first-order chi connectivity index (χ1) is 67.9. The van der Waals surface area contributed by atoms with Gasteiger partial charge in [0.25, 0.3) is 0 Å². The lowest BCUT2D eigenvalue weighted by Gasteiger charge is -2.19. The van der Waals surface area contributed by atoms with Gasteiger partial charge in [-0.2, -0.15) is 0 Å². The largest absolute Gasteiger partial charge is 0.455 e. The molecule has 0 bridgehead atoms. The average molecular weight is 1800 g/mol. The number of hydrogen-bond acceptors (Lipinski definition) is 10. The van der Waals surface area contributed by atoms with E-state index in [1.54, 1.807) is 22.7 Å². The zero-order chi connectivity index (χ0) is 89.5. The molecule has 0 atom stereocenters. The third-order valence-electron chi connectivity index (χ3n) is 28.6. The van der Waals surface area contributed by atoms with E-state index in [1.807, 2.05) is 36.7 Å². The minimum Gasteiger partial charge on any atom is -0.455 e. The second kappa shape index (κ2) is 29.4. The van der Waals surface area contributed by atoms with E-state index in [1.165, 1.54) is 75.1 Å². The van der Waals surface area contributed by atoms with E-state index >= 15 is 0 Å². The van der Waals surface area contributed by atoms with Crippen molar-refractivity contribution >= 4 is 295 Å². The molecular weight excluding hydrogens is 1740 g/mol. The molecule has 0 amide bonds. The van der Waals surface area contributed by atoms with Crippen LogP contribution in [-0.2, 0) is 0 Å². The zero-order valence-electron chi connectivity index (χ0n) is 72.7. The summed E-state index contributed by atoms with van der Waals surface area (Å²) < 4.78 is 41.3. The van der Waals surface area contributed by atoms with Crippen molar-refractivity contribution in [3.8, 4) is 54.3 Å². The summed E-state index contributed by atoms with van der Waals surface area (Å²) in [7, 11) is 0. The highest BCUT2D eigenvalue weighted by Gasteiger charge is 2.30. The Balaban J connectivity index is 0.0000000975. The fraction of sp³-hybridized carbons (Fsp3) is 0. The number of rotatable bonds is 5. The SMILES string of the molecule is Clc1cc2c(oc3cccc4c3c2c2cccc3oc5c6ccccc6c(-c6ccccc6)cc5c4c32)c2ccccc12.c1ccc(-c2cc3c(oc4cccc5c4c3c3cccc4oc6c(cc(-c7ccccc7)c7cccnc76)c5c43)c3ncccc23)cc1.c1csc(-c2cc3c(oc4cccc5c4c3c3cccc4oc6c7ccccc7c(-c7cccs7)cc6c5c43)c3ccccc23)c1. The summed E-state index contributed by atoms with van der Waals surface area (Å²) in [6, 6.07) is 135. The van der Waals surface area contributed by atoms with Crippen LogP contribution in [0.5, 0.6) is 0 Å². The molecule has 10 heterocycles. The number of aromatic nitrogens is 2. The van der Waals surface area contributed by atoms with Crippen molar-refractivity contribution in [3.63, 3.8) is 0 Å². The molecule has 0 saturated carbocycles. The monoisotopic (exact) mass is 1800 g/mol. The fourth-order valence-electron chi connectivity index (χ4n) is 23.0. The van der Waals surface area contributed by atoms with Gasteiger partial charge in [0.15, 0.2) is 11.2 Å². The summed E-state index contributed by atoms with van der Waals surface area (Å²) in [5, 5.41) is 43.0. The first-order valence-electron chi connectivity index (χ1n) is 46.0. The minimum absolute atomic E-state index is 0.714. The Morgan fingerprint density at radius 1 is 0.175 bits per heavy atom. The number of benzene rings is 22. The molecule has 8 nitrogen and oxygen atoms in total. The van der Waals surface area contributed by atoms with Crippen LogP contribution in [0.1, 0.15) is 0 Å². The van der Waals surface area contributed by atoms with Crippen molar-refractivity contribution in [2.24, 2.45) is 0 Å². The van der Waals surface area contributed by atoms with Crippen LogP contribution in [0.15, 0.2) is 432 Å². The highest BCUT2D eigenvalue weighted by molar-refractivity contribution is 7.14. The van der Waals surface area contributed by atoms with E-state index in [0.29, 0.717) is 5.02 Å². The highest BCUT2D eigenvalue weighted by Crippen LogP contribution is 2.56. The van der Waals surface area contributed by atoms with Crippen LogP contribution >= 0.6 is 34.3 Å². The molecule has 11 heteroatoms. The Labute approximate surface area is 790 Å². The van der Waals surface area contributed by atoms with Crippen molar-refractivity contribution in [2.45, 2.75) is 0 Å². The molecule has 636 valence electrons. The van der Waals surface area contributed by atoms with Gasteiger partial charge in [0.05, 0.1) is 0 Å². The molecule has 32 rings (SSSR count). The molecule has 32 aromatic rings. The number of fused-ring (bicyclic) bond motifs is 30. The third kappa shape index (κ3) is 11.0. The first-order valence-corrected chi connectivity index (χ1v) is 48.2. The molecule has 0 saturated heterocycles. The van der Waals surface area contributed by atoms with Crippen molar-refractivity contribution in [2.75, 3.05) is 0 Å². The quantitative estimate of drug-likeness (QED) is 0.124. The van der Waals surface area contributed by atoms with E-state index in [0.717, 1.165) is 240 Å². The van der Waals surface area contributed by atoms with Gasteiger partial charge in [-0.1, -0.05) is 297 Å². The van der Waals surface area contributed by atoms with E-state index in [9.17, 15) is 0 Å². The Hall–Kier alpha value is -17.3. The standard InChI is InChI=1S/C44H24N2O2.C42H22O2S2.C40H21ClO2/c1-3-11-25(12-4-1)31-23-33-37-29-15-7-20-36-40(29)38(30-16-8-19-35(39(30)37)47-43(33)41-27(31)17-9-21-45-41)34-24-32(26-13-5-2-6-14-26)28-18-10-22-46-42(28)44(34)48-36;1-3-11-25-23(9-1)29(35-17-7-19-45-35)21-31-37-27-13-6-16-34-40(27)38(28-14-5-15-33(39(28)37)43-41(25)31)32-22-30(36-18-8-20-46-36)24-10-2-4-12-26(24)42(32)44-34;41-32-21-31-36-28-17-9-18-33-37(28)35(27-16-8-19-34(38(27)36)43-40(31)26-15-7-5-13-24(26)32)30-20-29(22-10-2-1-3-11-22)23-12-4-6-14-25(23)39(30)42-33/h1-24H;1-22H;1-21H. The van der Waals surface area contributed by atoms with Gasteiger partial charge in [-0.05, 0) is 190 Å². The molecule has 0 radical (unpaired) electrons. The Bertz CT molecular complexity index is 10400. The summed E-state index contributed by atoms with van der Waals surface area (Å²) in [4.78, 5) is 12.3. The normalized spacial score (nSPS) is 12.3. The van der Waals surface area contributed by atoms with Crippen LogP contribution < -0.4 is 0 Å². The van der Waals surface area contributed by atoms with Crippen LogP contribution in [0.3, 0.4) is 0 Å². The second-order valence-corrected chi connectivity index (χ2v) is 38.0. The predicted molar refractivity (Wildman–Crippen MR) is 577 cm³/mol. The van der Waals surface area contributed by atoms with Gasteiger partial charge in [0.1, 0.15) is 66.9 Å². The molecule has 137 heavy (non-hydrogen) atoms. The van der Waals surface area contributed by atoms with E-state index < -0.39 is 0 Å². The van der Waals surface area contributed by atoms with Crippen LogP contribution in [0.2, 0.25) is 5.02 Å². The molecule has 22 aromatic carbocycles. The van der Waals surface area contributed by atoms with Crippen LogP contribution in [-0.4, -0.2) is 9.97 Å². The van der Waals surface area contributed by atoms with Gasteiger partial charge >= 0.3 is 0 Å². The summed E-state index contributed by atoms with van der Waals surface area (Å²) in [6.45, 7) is 0. The molecule has 0 fully saturated rings. The minimum atomic E-state index is 0.714. The molecule has 0 aliphatic carbocycles.